The fraction of sp³-hybridized carbons (Fsp3) is 0.875. The molecule has 1 rings (SSSR count). The first-order chi connectivity index (χ1) is 5.65. The third kappa shape index (κ3) is 1.95. The van der Waals surface area contributed by atoms with E-state index < -0.39 is 5.97 Å². The van der Waals surface area contributed by atoms with Gasteiger partial charge in [0.25, 0.3) is 0 Å². The van der Waals surface area contributed by atoms with Crippen LogP contribution in [0.15, 0.2) is 0 Å². The minimum Gasteiger partial charge on any atom is -0.480 e. The summed E-state index contributed by atoms with van der Waals surface area (Å²) in [6.45, 7) is 1.49. The summed E-state index contributed by atoms with van der Waals surface area (Å²) in [6.07, 6.45) is 0.708. The smallest absolute Gasteiger partial charge is 0.320 e. The molecule has 0 aromatic rings. The Morgan fingerprint density at radius 3 is 2.83 bits per heavy atom. The summed E-state index contributed by atoms with van der Waals surface area (Å²) in [5.74, 6) is -0.350. The minimum absolute atomic E-state index is 0.315. The van der Waals surface area contributed by atoms with Crippen molar-refractivity contribution >= 4 is 5.97 Å². The molecule has 0 bridgehead atoms. The number of ether oxygens (including phenoxy) is 1. The van der Waals surface area contributed by atoms with E-state index in [4.69, 9.17) is 9.84 Å². The first-order valence-corrected chi connectivity index (χ1v) is 4.07. The Hall–Kier alpha value is -0.610. The van der Waals surface area contributed by atoms with Crippen molar-refractivity contribution in [2.45, 2.75) is 12.5 Å². The molecule has 0 spiro atoms. The summed E-state index contributed by atoms with van der Waals surface area (Å²) in [5, 5.41) is 8.79. The Bertz CT molecular complexity index is 172. The molecule has 2 atom stereocenters. The molecule has 1 N–H and O–H groups in total. The quantitative estimate of drug-likeness (QED) is 0.654. The van der Waals surface area contributed by atoms with Crippen LogP contribution < -0.4 is 0 Å². The molecule has 0 aromatic carbocycles. The molecule has 2 unspecified atom stereocenters. The van der Waals surface area contributed by atoms with E-state index in [0.717, 1.165) is 6.54 Å². The van der Waals surface area contributed by atoms with Crippen molar-refractivity contribution in [1.82, 2.24) is 4.90 Å². The van der Waals surface area contributed by atoms with Gasteiger partial charge in [-0.3, -0.25) is 9.69 Å². The highest BCUT2D eigenvalue weighted by atomic mass is 16.5. The number of likely N-dealkylation sites (tertiary alicyclic amines) is 1. The van der Waals surface area contributed by atoms with Gasteiger partial charge in [-0.15, -0.1) is 0 Å². The van der Waals surface area contributed by atoms with Crippen LogP contribution in [0, 0.1) is 5.92 Å². The predicted molar refractivity (Wildman–Crippen MR) is 44.0 cm³/mol. The van der Waals surface area contributed by atoms with Gasteiger partial charge in [0, 0.05) is 13.7 Å². The van der Waals surface area contributed by atoms with Crippen LogP contribution in [-0.4, -0.2) is 49.3 Å². The summed E-state index contributed by atoms with van der Waals surface area (Å²) in [5.41, 5.74) is 0. The van der Waals surface area contributed by atoms with Gasteiger partial charge in [-0.2, -0.15) is 0 Å². The van der Waals surface area contributed by atoms with Gasteiger partial charge in [0.1, 0.15) is 6.04 Å². The van der Waals surface area contributed by atoms with Crippen molar-refractivity contribution in [3.05, 3.63) is 0 Å². The zero-order valence-electron chi connectivity index (χ0n) is 7.49. The Balaban J connectivity index is 2.44. The lowest BCUT2D eigenvalue weighted by molar-refractivity contribution is -0.141. The molecule has 1 fully saturated rings. The van der Waals surface area contributed by atoms with Crippen molar-refractivity contribution in [1.29, 1.82) is 0 Å². The van der Waals surface area contributed by atoms with Gasteiger partial charge in [0.15, 0.2) is 0 Å². The van der Waals surface area contributed by atoms with Gasteiger partial charge in [0.05, 0.1) is 6.61 Å². The molecular weight excluding hydrogens is 158 g/mol. The van der Waals surface area contributed by atoms with Crippen molar-refractivity contribution in [3.8, 4) is 0 Å². The summed E-state index contributed by atoms with van der Waals surface area (Å²) in [6, 6.07) is -0.315. The molecule has 4 heteroatoms. The van der Waals surface area contributed by atoms with Crippen LogP contribution in [0.5, 0.6) is 0 Å². The van der Waals surface area contributed by atoms with Crippen molar-refractivity contribution < 1.29 is 14.6 Å². The second-order valence-electron chi connectivity index (χ2n) is 3.35. The van der Waals surface area contributed by atoms with E-state index in [1.165, 1.54) is 0 Å². The highest BCUT2D eigenvalue weighted by Gasteiger charge is 2.33. The molecule has 1 aliphatic heterocycles. The SMILES string of the molecule is COCC1CC(C(=O)O)N(C)C1. The number of aliphatic carboxylic acids is 1. The second kappa shape index (κ2) is 3.87. The third-order valence-electron chi connectivity index (χ3n) is 2.32. The number of carboxylic acid groups (broad SMARTS) is 1. The van der Waals surface area contributed by atoms with Crippen molar-refractivity contribution in [2.24, 2.45) is 5.92 Å². The Morgan fingerprint density at radius 2 is 2.42 bits per heavy atom. The average Bonchev–Trinajstić information content (AvgIpc) is 2.32. The number of hydrogen-bond donors (Lipinski definition) is 1. The van der Waals surface area contributed by atoms with Crippen LogP contribution in [0.4, 0.5) is 0 Å². The summed E-state index contributed by atoms with van der Waals surface area (Å²) in [4.78, 5) is 12.5. The summed E-state index contributed by atoms with van der Waals surface area (Å²) >= 11 is 0. The fourth-order valence-electron chi connectivity index (χ4n) is 1.75. The Labute approximate surface area is 72.1 Å². The molecule has 0 saturated carbocycles. The van der Waals surface area contributed by atoms with Crippen molar-refractivity contribution in [3.63, 3.8) is 0 Å². The molecule has 0 aliphatic carbocycles. The number of nitrogens with zero attached hydrogens (tertiary/aromatic N) is 1. The molecule has 12 heavy (non-hydrogen) atoms. The van der Waals surface area contributed by atoms with E-state index in [1.807, 2.05) is 11.9 Å². The molecule has 1 aliphatic rings. The Kier molecular flexibility index (Phi) is 3.05. The number of hydrogen-bond acceptors (Lipinski definition) is 3. The monoisotopic (exact) mass is 173 g/mol. The normalized spacial score (nSPS) is 30.8. The maximum Gasteiger partial charge on any atom is 0.320 e. The maximum atomic E-state index is 10.7. The molecule has 1 heterocycles. The molecule has 4 nitrogen and oxygen atoms in total. The largest absolute Gasteiger partial charge is 0.480 e. The number of carbonyl (C=O) groups is 1. The molecule has 0 amide bonds. The zero-order valence-corrected chi connectivity index (χ0v) is 7.49. The van der Waals surface area contributed by atoms with E-state index in [0.29, 0.717) is 18.9 Å². The fourth-order valence-corrected chi connectivity index (χ4v) is 1.75. The second-order valence-corrected chi connectivity index (χ2v) is 3.35. The first kappa shape index (κ1) is 9.48. The average molecular weight is 173 g/mol. The molecule has 70 valence electrons. The highest BCUT2D eigenvalue weighted by Crippen LogP contribution is 2.21. The molecular formula is C8H15NO3. The van der Waals surface area contributed by atoms with Gasteiger partial charge >= 0.3 is 5.97 Å². The summed E-state index contributed by atoms with van der Waals surface area (Å²) in [7, 11) is 3.49. The lowest BCUT2D eigenvalue weighted by Crippen LogP contribution is -2.32. The van der Waals surface area contributed by atoms with E-state index in [9.17, 15) is 4.79 Å². The van der Waals surface area contributed by atoms with Gasteiger partial charge < -0.3 is 9.84 Å². The molecule has 0 aromatic heterocycles. The van der Waals surface area contributed by atoms with Crippen LogP contribution in [0.2, 0.25) is 0 Å². The number of carboxylic acids is 1. The molecule has 1 saturated heterocycles. The molecule has 0 radical (unpaired) electrons. The minimum atomic E-state index is -0.726. The topological polar surface area (TPSA) is 49.8 Å². The lowest BCUT2D eigenvalue weighted by Gasteiger charge is -2.13. The van der Waals surface area contributed by atoms with E-state index >= 15 is 0 Å². The van der Waals surface area contributed by atoms with Crippen LogP contribution in [0.25, 0.3) is 0 Å². The van der Waals surface area contributed by atoms with Gasteiger partial charge in [-0.25, -0.2) is 0 Å². The first-order valence-electron chi connectivity index (χ1n) is 4.07. The Morgan fingerprint density at radius 1 is 1.75 bits per heavy atom. The number of methoxy groups -OCH3 is 1. The predicted octanol–water partition coefficient (Wildman–Crippen LogP) is 0.0377. The third-order valence-corrected chi connectivity index (χ3v) is 2.32. The van der Waals surface area contributed by atoms with Crippen molar-refractivity contribution in [2.75, 3.05) is 27.3 Å². The highest BCUT2D eigenvalue weighted by molar-refractivity contribution is 5.73. The van der Waals surface area contributed by atoms with E-state index in [1.54, 1.807) is 7.11 Å². The van der Waals surface area contributed by atoms with Crippen LogP contribution >= 0.6 is 0 Å². The van der Waals surface area contributed by atoms with Gasteiger partial charge in [0.2, 0.25) is 0 Å². The van der Waals surface area contributed by atoms with Crippen LogP contribution in [-0.2, 0) is 9.53 Å². The number of likely N-dealkylation sites (N-methyl/N-ethyl adjacent to an activating group) is 1. The maximum absolute atomic E-state index is 10.7. The zero-order chi connectivity index (χ0) is 9.14. The summed E-state index contributed by atoms with van der Waals surface area (Å²) < 4.78 is 4.98. The standard InChI is InChI=1S/C8H15NO3/c1-9-4-6(5-12-2)3-7(9)8(10)11/h6-7H,3-5H2,1-2H3,(H,10,11). The lowest BCUT2D eigenvalue weighted by atomic mass is 10.1. The van der Waals surface area contributed by atoms with E-state index in [2.05, 4.69) is 0 Å². The van der Waals surface area contributed by atoms with Gasteiger partial charge in [-0.1, -0.05) is 0 Å². The van der Waals surface area contributed by atoms with E-state index in [-0.39, 0.29) is 6.04 Å². The number of rotatable bonds is 3. The van der Waals surface area contributed by atoms with Crippen LogP contribution in [0.1, 0.15) is 6.42 Å². The van der Waals surface area contributed by atoms with Crippen LogP contribution in [0.3, 0.4) is 0 Å². The van der Waals surface area contributed by atoms with Gasteiger partial charge in [-0.05, 0) is 19.4 Å².